The third-order valence-electron chi connectivity index (χ3n) is 3.47. The summed E-state index contributed by atoms with van der Waals surface area (Å²) in [5.74, 6) is 0.961. The van der Waals surface area contributed by atoms with E-state index >= 15 is 0 Å². The summed E-state index contributed by atoms with van der Waals surface area (Å²) >= 11 is 7.54. The van der Waals surface area contributed by atoms with Crippen molar-refractivity contribution in [2.24, 2.45) is 5.16 Å². The molecule has 1 N–H and O–H groups in total. The number of rotatable bonds is 5. The van der Waals surface area contributed by atoms with Crippen LogP contribution in [0.1, 0.15) is 31.2 Å². The maximum Gasteiger partial charge on any atom is 0.143 e. The van der Waals surface area contributed by atoms with E-state index < -0.39 is 0 Å². The zero-order chi connectivity index (χ0) is 14.2. The van der Waals surface area contributed by atoms with Crippen molar-refractivity contribution in [3.8, 4) is 0 Å². The van der Waals surface area contributed by atoms with Gasteiger partial charge in [-0.2, -0.15) is 0 Å². The van der Waals surface area contributed by atoms with Gasteiger partial charge in [0.05, 0.1) is 0 Å². The van der Waals surface area contributed by atoms with Crippen LogP contribution in [0.15, 0.2) is 29.4 Å². The van der Waals surface area contributed by atoms with Crippen molar-refractivity contribution in [2.75, 3.05) is 25.4 Å². The van der Waals surface area contributed by atoms with Gasteiger partial charge in [-0.15, -0.1) is 11.8 Å². The SMILES string of the molecule is O/N=C(/SCCCN1CCCCC1)c1cccc(Cl)c1. The largest absolute Gasteiger partial charge is 0.410 e. The van der Waals surface area contributed by atoms with E-state index in [0.717, 1.165) is 24.3 Å². The van der Waals surface area contributed by atoms with Crippen molar-refractivity contribution < 1.29 is 5.21 Å². The minimum absolute atomic E-state index is 0.645. The van der Waals surface area contributed by atoms with Crippen LogP contribution in [0.4, 0.5) is 0 Å². The summed E-state index contributed by atoms with van der Waals surface area (Å²) in [7, 11) is 0. The fourth-order valence-corrected chi connectivity index (χ4v) is 3.44. The van der Waals surface area contributed by atoms with Crippen LogP contribution in [0.2, 0.25) is 5.02 Å². The Morgan fingerprint density at radius 2 is 2.10 bits per heavy atom. The van der Waals surface area contributed by atoms with Crippen molar-refractivity contribution in [2.45, 2.75) is 25.7 Å². The molecule has 5 heteroatoms. The van der Waals surface area contributed by atoms with Gasteiger partial charge in [-0.25, -0.2) is 0 Å². The average molecular weight is 313 g/mol. The van der Waals surface area contributed by atoms with Gasteiger partial charge in [-0.05, 0) is 51.0 Å². The first-order valence-electron chi connectivity index (χ1n) is 7.13. The summed E-state index contributed by atoms with van der Waals surface area (Å²) < 4.78 is 0. The van der Waals surface area contributed by atoms with E-state index in [0.29, 0.717) is 10.1 Å². The highest BCUT2D eigenvalue weighted by molar-refractivity contribution is 8.14. The van der Waals surface area contributed by atoms with Crippen LogP contribution < -0.4 is 0 Å². The Morgan fingerprint density at radius 3 is 2.80 bits per heavy atom. The summed E-state index contributed by atoms with van der Waals surface area (Å²) in [6.45, 7) is 3.61. The third kappa shape index (κ3) is 5.00. The molecule has 0 atom stereocenters. The topological polar surface area (TPSA) is 35.8 Å². The molecule has 1 heterocycles. The average Bonchev–Trinajstić information content (AvgIpc) is 2.48. The maximum absolute atomic E-state index is 9.13. The minimum Gasteiger partial charge on any atom is -0.410 e. The molecular weight excluding hydrogens is 292 g/mol. The predicted molar refractivity (Wildman–Crippen MR) is 87.1 cm³/mol. The summed E-state index contributed by atoms with van der Waals surface area (Å²) in [6.07, 6.45) is 5.16. The number of oxime groups is 1. The lowest BCUT2D eigenvalue weighted by atomic mass is 10.1. The standard InChI is InChI=1S/C15H21ClN2OS/c16-14-7-4-6-13(12-14)15(17-19)20-11-5-10-18-8-2-1-3-9-18/h4,6-7,12,19H,1-3,5,8-11H2/b17-15+. The summed E-state index contributed by atoms with van der Waals surface area (Å²) in [4.78, 5) is 2.53. The normalized spacial score (nSPS) is 17.4. The summed E-state index contributed by atoms with van der Waals surface area (Å²) in [5.41, 5.74) is 0.878. The number of benzene rings is 1. The van der Waals surface area contributed by atoms with Gasteiger partial charge in [0.15, 0.2) is 0 Å². The molecule has 1 aromatic carbocycles. The molecule has 0 spiro atoms. The van der Waals surface area contributed by atoms with E-state index in [9.17, 15) is 0 Å². The molecule has 1 fully saturated rings. The Hall–Kier alpha value is -0.710. The Balaban J connectivity index is 1.74. The molecule has 20 heavy (non-hydrogen) atoms. The lowest BCUT2D eigenvalue weighted by Gasteiger charge is -2.26. The van der Waals surface area contributed by atoms with E-state index in [2.05, 4.69) is 10.1 Å². The van der Waals surface area contributed by atoms with Gasteiger partial charge in [0.25, 0.3) is 0 Å². The number of piperidine rings is 1. The molecule has 2 rings (SSSR count). The van der Waals surface area contributed by atoms with Gasteiger partial charge in [0, 0.05) is 16.3 Å². The molecule has 0 bridgehead atoms. The predicted octanol–water partition coefficient (Wildman–Crippen LogP) is 4.09. The molecule has 0 radical (unpaired) electrons. The van der Waals surface area contributed by atoms with E-state index in [1.165, 1.54) is 32.4 Å². The number of nitrogens with zero attached hydrogens (tertiary/aromatic N) is 2. The molecule has 1 saturated heterocycles. The second kappa shape index (κ2) is 8.55. The first kappa shape index (κ1) is 15.7. The van der Waals surface area contributed by atoms with Crippen LogP contribution in [0.25, 0.3) is 0 Å². The zero-order valence-corrected chi connectivity index (χ0v) is 13.2. The fourth-order valence-electron chi connectivity index (χ4n) is 2.43. The highest BCUT2D eigenvalue weighted by Crippen LogP contribution is 2.19. The number of hydrogen-bond acceptors (Lipinski definition) is 4. The van der Waals surface area contributed by atoms with E-state index in [1.807, 2.05) is 24.3 Å². The van der Waals surface area contributed by atoms with Crippen molar-refractivity contribution in [1.29, 1.82) is 0 Å². The molecule has 0 aliphatic carbocycles. The molecule has 1 aromatic rings. The van der Waals surface area contributed by atoms with Crippen LogP contribution in [-0.2, 0) is 0 Å². The highest BCUT2D eigenvalue weighted by atomic mass is 35.5. The second-order valence-electron chi connectivity index (χ2n) is 5.02. The molecule has 1 aliphatic rings. The van der Waals surface area contributed by atoms with Gasteiger partial charge in [0.2, 0.25) is 0 Å². The Morgan fingerprint density at radius 1 is 1.30 bits per heavy atom. The molecule has 0 aromatic heterocycles. The molecule has 0 unspecified atom stereocenters. The van der Waals surface area contributed by atoms with Crippen molar-refractivity contribution >= 4 is 28.4 Å². The Kier molecular flexibility index (Phi) is 6.70. The van der Waals surface area contributed by atoms with E-state index in [1.54, 1.807) is 11.8 Å². The third-order valence-corrected chi connectivity index (χ3v) is 4.79. The molecule has 0 saturated carbocycles. The first-order chi connectivity index (χ1) is 9.79. The van der Waals surface area contributed by atoms with Gasteiger partial charge < -0.3 is 10.1 Å². The molecule has 110 valence electrons. The smallest absolute Gasteiger partial charge is 0.143 e. The van der Waals surface area contributed by atoms with Crippen molar-refractivity contribution in [1.82, 2.24) is 4.90 Å². The maximum atomic E-state index is 9.13. The fraction of sp³-hybridized carbons (Fsp3) is 0.533. The molecule has 1 aliphatic heterocycles. The van der Waals surface area contributed by atoms with Crippen LogP contribution in [0, 0.1) is 0 Å². The van der Waals surface area contributed by atoms with E-state index in [-0.39, 0.29) is 0 Å². The lowest BCUT2D eigenvalue weighted by Crippen LogP contribution is -2.30. The van der Waals surface area contributed by atoms with Gasteiger partial charge in [0.1, 0.15) is 5.04 Å². The quantitative estimate of drug-likeness (QED) is 0.292. The summed E-state index contributed by atoms with van der Waals surface area (Å²) in [6, 6.07) is 7.44. The summed E-state index contributed by atoms with van der Waals surface area (Å²) in [5, 5.41) is 13.8. The number of hydrogen-bond donors (Lipinski definition) is 1. The van der Waals surface area contributed by atoms with Crippen LogP contribution >= 0.6 is 23.4 Å². The number of halogens is 1. The van der Waals surface area contributed by atoms with Crippen molar-refractivity contribution in [3.05, 3.63) is 34.9 Å². The van der Waals surface area contributed by atoms with Crippen molar-refractivity contribution in [3.63, 3.8) is 0 Å². The van der Waals surface area contributed by atoms with Crippen LogP contribution in [0.3, 0.4) is 0 Å². The monoisotopic (exact) mass is 312 g/mol. The van der Waals surface area contributed by atoms with E-state index in [4.69, 9.17) is 16.8 Å². The highest BCUT2D eigenvalue weighted by Gasteiger charge is 2.10. The number of likely N-dealkylation sites (tertiary alicyclic amines) is 1. The Labute approximate surface area is 130 Å². The molecule has 0 amide bonds. The molecule has 3 nitrogen and oxygen atoms in total. The minimum atomic E-state index is 0.645. The van der Waals surface area contributed by atoms with Crippen LogP contribution in [0.5, 0.6) is 0 Å². The zero-order valence-electron chi connectivity index (χ0n) is 11.6. The second-order valence-corrected chi connectivity index (χ2v) is 6.54. The van der Waals surface area contributed by atoms with Gasteiger partial charge >= 0.3 is 0 Å². The lowest BCUT2D eigenvalue weighted by molar-refractivity contribution is 0.230. The van der Waals surface area contributed by atoms with Gasteiger partial charge in [-0.3, -0.25) is 0 Å². The number of thioether (sulfide) groups is 1. The Bertz CT molecular complexity index is 447. The molecular formula is C15H21ClN2OS. The van der Waals surface area contributed by atoms with Crippen LogP contribution in [-0.4, -0.2) is 40.5 Å². The van der Waals surface area contributed by atoms with Gasteiger partial charge in [-0.1, -0.05) is 35.3 Å². The first-order valence-corrected chi connectivity index (χ1v) is 8.49.